The predicted molar refractivity (Wildman–Crippen MR) is 105 cm³/mol. The van der Waals surface area contributed by atoms with E-state index in [1.807, 2.05) is 19.1 Å². The van der Waals surface area contributed by atoms with Gasteiger partial charge in [-0.05, 0) is 43.9 Å². The second kappa shape index (κ2) is 8.45. The quantitative estimate of drug-likeness (QED) is 0.793. The molecule has 2 fully saturated rings. The second-order valence-corrected chi connectivity index (χ2v) is 9.14. The molecule has 0 unspecified atom stereocenters. The minimum Gasteiger partial charge on any atom is -0.381 e. The van der Waals surface area contributed by atoms with Gasteiger partial charge in [0, 0.05) is 39.4 Å². The highest BCUT2D eigenvalue weighted by Crippen LogP contribution is 2.25. The molecule has 0 bridgehead atoms. The van der Waals surface area contributed by atoms with Crippen LogP contribution in [0.5, 0.6) is 0 Å². The SMILES string of the molecule is Cc1ccc(C)c(S(=O)(=O)N2CCN(C(=O)C3(N)CCOCC3)CC2)c1.Cl. The van der Waals surface area contributed by atoms with Gasteiger partial charge in [-0.3, -0.25) is 4.79 Å². The van der Waals surface area contributed by atoms with Crippen molar-refractivity contribution < 1.29 is 17.9 Å². The van der Waals surface area contributed by atoms with Crippen molar-refractivity contribution >= 4 is 28.3 Å². The number of hydrogen-bond acceptors (Lipinski definition) is 5. The van der Waals surface area contributed by atoms with E-state index < -0.39 is 15.6 Å². The van der Waals surface area contributed by atoms with E-state index in [2.05, 4.69) is 0 Å². The molecule has 2 saturated heterocycles. The minimum absolute atomic E-state index is 0. The van der Waals surface area contributed by atoms with E-state index in [4.69, 9.17) is 10.5 Å². The summed E-state index contributed by atoms with van der Waals surface area (Å²) in [4.78, 5) is 14.8. The van der Waals surface area contributed by atoms with Crippen molar-refractivity contribution in [2.24, 2.45) is 5.73 Å². The number of nitrogens with zero attached hydrogens (tertiary/aromatic N) is 2. The molecule has 2 aliphatic heterocycles. The van der Waals surface area contributed by atoms with Gasteiger partial charge in [0.05, 0.1) is 10.4 Å². The number of carbonyl (C=O) groups excluding carboxylic acids is 1. The number of nitrogens with two attached hydrogens (primary N) is 1. The second-order valence-electron chi connectivity index (χ2n) is 7.23. The van der Waals surface area contributed by atoms with E-state index >= 15 is 0 Å². The lowest BCUT2D eigenvalue weighted by Crippen LogP contribution is -2.61. The number of sulfonamides is 1. The van der Waals surface area contributed by atoms with Crippen molar-refractivity contribution in [1.82, 2.24) is 9.21 Å². The Morgan fingerprint density at radius 1 is 1.11 bits per heavy atom. The van der Waals surface area contributed by atoms with Gasteiger partial charge in [0.1, 0.15) is 0 Å². The van der Waals surface area contributed by atoms with Crippen LogP contribution in [-0.4, -0.2) is 68.5 Å². The van der Waals surface area contributed by atoms with Crippen LogP contribution in [0, 0.1) is 13.8 Å². The third-order valence-corrected chi connectivity index (χ3v) is 7.34. The standard InChI is InChI=1S/C18H27N3O4S.ClH/c1-14-3-4-15(2)16(13-14)26(23,24)21-9-7-20(8-10-21)17(22)18(19)5-11-25-12-6-18;/h3-4,13H,5-12,19H2,1-2H3;1H. The molecular formula is C18H28ClN3O4S. The van der Waals surface area contributed by atoms with Crippen LogP contribution < -0.4 is 5.73 Å². The Morgan fingerprint density at radius 2 is 1.70 bits per heavy atom. The first-order valence-corrected chi connectivity index (χ1v) is 10.4. The average Bonchev–Trinajstić information content (AvgIpc) is 2.63. The molecule has 152 valence electrons. The maximum atomic E-state index is 13.0. The van der Waals surface area contributed by atoms with Crippen molar-refractivity contribution in [3.63, 3.8) is 0 Å². The Bertz CT molecular complexity index is 786. The summed E-state index contributed by atoms with van der Waals surface area (Å²) in [6.07, 6.45) is 1.01. The van der Waals surface area contributed by atoms with Crippen molar-refractivity contribution in [2.45, 2.75) is 37.1 Å². The van der Waals surface area contributed by atoms with Crippen LogP contribution >= 0.6 is 12.4 Å². The predicted octanol–water partition coefficient (Wildman–Crippen LogP) is 1.07. The summed E-state index contributed by atoms with van der Waals surface area (Å²) in [5.74, 6) is -0.0930. The number of hydrogen-bond donors (Lipinski definition) is 1. The van der Waals surface area contributed by atoms with Gasteiger partial charge in [0.25, 0.3) is 0 Å². The molecule has 1 aromatic rings. The highest BCUT2D eigenvalue weighted by atomic mass is 35.5. The first-order chi connectivity index (χ1) is 12.2. The van der Waals surface area contributed by atoms with Crippen LogP contribution in [0.15, 0.2) is 23.1 Å². The van der Waals surface area contributed by atoms with Gasteiger partial charge in [0.15, 0.2) is 0 Å². The number of rotatable bonds is 3. The summed E-state index contributed by atoms with van der Waals surface area (Å²) < 4.78 is 32.7. The molecule has 9 heteroatoms. The van der Waals surface area contributed by atoms with E-state index in [-0.39, 0.29) is 31.4 Å². The molecule has 1 aromatic carbocycles. The molecule has 0 atom stereocenters. The van der Waals surface area contributed by atoms with E-state index in [1.165, 1.54) is 4.31 Å². The number of ether oxygens (including phenoxy) is 1. The van der Waals surface area contributed by atoms with Crippen LogP contribution in [-0.2, 0) is 19.6 Å². The smallest absolute Gasteiger partial charge is 0.243 e. The zero-order chi connectivity index (χ0) is 18.9. The Hall–Kier alpha value is -1.19. The molecule has 0 aliphatic carbocycles. The average molecular weight is 418 g/mol. The van der Waals surface area contributed by atoms with E-state index in [0.29, 0.717) is 44.0 Å². The fourth-order valence-corrected chi connectivity index (χ4v) is 5.25. The lowest BCUT2D eigenvalue weighted by molar-refractivity contribution is -0.141. The molecule has 2 aliphatic rings. The van der Waals surface area contributed by atoms with Gasteiger partial charge in [-0.15, -0.1) is 12.4 Å². The molecule has 2 heterocycles. The largest absolute Gasteiger partial charge is 0.381 e. The summed E-state index contributed by atoms with van der Waals surface area (Å²) in [6, 6.07) is 5.43. The van der Waals surface area contributed by atoms with E-state index in [9.17, 15) is 13.2 Å². The third kappa shape index (κ3) is 4.46. The van der Waals surface area contributed by atoms with Crippen molar-refractivity contribution in [2.75, 3.05) is 39.4 Å². The first kappa shape index (κ1) is 22.1. The monoisotopic (exact) mass is 417 g/mol. The Kier molecular flexibility index (Phi) is 6.91. The van der Waals surface area contributed by atoms with Gasteiger partial charge in [-0.1, -0.05) is 12.1 Å². The van der Waals surface area contributed by atoms with Crippen molar-refractivity contribution in [1.29, 1.82) is 0 Å². The molecule has 1 amide bonds. The summed E-state index contributed by atoms with van der Waals surface area (Å²) >= 11 is 0. The van der Waals surface area contributed by atoms with Gasteiger partial charge in [-0.25, -0.2) is 8.42 Å². The summed E-state index contributed by atoms with van der Waals surface area (Å²) in [7, 11) is -3.56. The topological polar surface area (TPSA) is 92.9 Å². The highest BCUT2D eigenvalue weighted by Gasteiger charge is 2.41. The van der Waals surface area contributed by atoms with E-state index in [0.717, 1.165) is 11.1 Å². The van der Waals surface area contributed by atoms with Crippen LogP contribution in [0.1, 0.15) is 24.0 Å². The van der Waals surface area contributed by atoms with Crippen LogP contribution in [0.2, 0.25) is 0 Å². The van der Waals surface area contributed by atoms with Crippen LogP contribution in [0.4, 0.5) is 0 Å². The molecule has 3 rings (SSSR count). The first-order valence-electron chi connectivity index (χ1n) is 8.97. The zero-order valence-electron chi connectivity index (χ0n) is 15.8. The molecular weight excluding hydrogens is 390 g/mol. The zero-order valence-corrected chi connectivity index (χ0v) is 17.4. The summed E-state index contributed by atoms with van der Waals surface area (Å²) in [5.41, 5.74) is 7.04. The highest BCUT2D eigenvalue weighted by molar-refractivity contribution is 7.89. The minimum atomic E-state index is -3.56. The summed E-state index contributed by atoms with van der Waals surface area (Å²) in [5, 5.41) is 0. The van der Waals surface area contributed by atoms with Crippen molar-refractivity contribution in [3.8, 4) is 0 Å². The number of piperazine rings is 1. The molecule has 27 heavy (non-hydrogen) atoms. The number of benzene rings is 1. The molecule has 0 radical (unpaired) electrons. The van der Waals surface area contributed by atoms with Gasteiger partial charge in [-0.2, -0.15) is 4.31 Å². The maximum absolute atomic E-state index is 13.0. The molecule has 0 aromatic heterocycles. The fourth-order valence-electron chi connectivity index (χ4n) is 3.52. The number of amides is 1. The summed E-state index contributed by atoms with van der Waals surface area (Å²) in [6.45, 7) is 5.96. The van der Waals surface area contributed by atoms with Crippen LogP contribution in [0.3, 0.4) is 0 Å². The lowest BCUT2D eigenvalue weighted by Gasteiger charge is -2.40. The number of aryl methyl sites for hydroxylation is 2. The third-order valence-electron chi connectivity index (χ3n) is 5.30. The van der Waals surface area contributed by atoms with Crippen LogP contribution in [0.25, 0.3) is 0 Å². The van der Waals surface area contributed by atoms with Gasteiger partial charge >= 0.3 is 0 Å². The maximum Gasteiger partial charge on any atom is 0.243 e. The molecule has 0 saturated carbocycles. The number of carbonyl (C=O) groups is 1. The van der Waals surface area contributed by atoms with Crippen molar-refractivity contribution in [3.05, 3.63) is 29.3 Å². The fraction of sp³-hybridized carbons (Fsp3) is 0.611. The Balaban J connectivity index is 0.00000261. The lowest BCUT2D eigenvalue weighted by atomic mass is 9.89. The molecule has 7 nitrogen and oxygen atoms in total. The molecule has 2 N–H and O–H groups in total. The van der Waals surface area contributed by atoms with E-state index in [1.54, 1.807) is 17.9 Å². The Morgan fingerprint density at radius 3 is 2.30 bits per heavy atom. The normalized spacial score (nSPS) is 20.8. The van der Waals surface area contributed by atoms with Gasteiger partial charge < -0.3 is 15.4 Å². The van der Waals surface area contributed by atoms with Gasteiger partial charge in [0.2, 0.25) is 15.9 Å². The Labute approximate surface area is 167 Å². The molecule has 0 spiro atoms. The number of halogens is 1.